The van der Waals surface area contributed by atoms with Gasteiger partial charge in [0.2, 0.25) is 0 Å². The van der Waals surface area contributed by atoms with Crippen LogP contribution in [0.4, 0.5) is 4.39 Å². The van der Waals surface area contributed by atoms with E-state index in [0.29, 0.717) is 11.3 Å². The number of H-pyrrole nitrogens is 1. The quantitative estimate of drug-likeness (QED) is 0.870. The largest absolute Gasteiger partial charge is 0.468 e. The molecule has 2 unspecified atom stereocenters. The number of nitriles is 1. The highest BCUT2D eigenvalue weighted by molar-refractivity contribution is 5.77. The van der Waals surface area contributed by atoms with Crippen molar-refractivity contribution in [3.05, 3.63) is 59.7 Å². The zero-order chi connectivity index (χ0) is 14.5. The molecule has 0 radical (unpaired) electrons. The van der Waals surface area contributed by atoms with Gasteiger partial charge >= 0.3 is 5.97 Å². The molecule has 0 fully saturated rings. The topological polar surface area (TPSA) is 65.9 Å². The predicted octanol–water partition coefficient (Wildman–Crippen LogP) is 2.60. The number of halogens is 1. The number of benzene rings is 1. The number of hydrogen-bond donors (Lipinski definition) is 1. The molecule has 1 N–H and O–H groups in total. The highest BCUT2D eigenvalue weighted by Crippen LogP contribution is 2.31. The molecule has 0 spiro atoms. The molecule has 0 amide bonds. The molecule has 5 heteroatoms. The summed E-state index contributed by atoms with van der Waals surface area (Å²) in [5.74, 6) is -2.51. The third-order valence-electron chi connectivity index (χ3n) is 3.11. The van der Waals surface area contributed by atoms with Gasteiger partial charge in [-0.2, -0.15) is 5.26 Å². The van der Waals surface area contributed by atoms with Gasteiger partial charge in [0, 0.05) is 11.9 Å². The number of rotatable bonds is 4. The van der Waals surface area contributed by atoms with Crippen LogP contribution in [0.5, 0.6) is 0 Å². The molecule has 1 aromatic carbocycles. The van der Waals surface area contributed by atoms with Crippen LogP contribution in [-0.4, -0.2) is 18.1 Å². The summed E-state index contributed by atoms with van der Waals surface area (Å²) in [6, 6.07) is 11.3. The summed E-state index contributed by atoms with van der Waals surface area (Å²) in [4.78, 5) is 14.8. The molecule has 2 aromatic rings. The lowest BCUT2D eigenvalue weighted by molar-refractivity contribution is -0.143. The summed E-state index contributed by atoms with van der Waals surface area (Å²) in [6.45, 7) is 0. The van der Waals surface area contributed by atoms with Gasteiger partial charge in [0.1, 0.15) is 5.82 Å². The van der Waals surface area contributed by atoms with Gasteiger partial charge in [0.05, 0.1) is 19.1 Å². The van der Waals surface area contributed by atoms with Crippen LogP contribution in [0.3, 0.4) is 0 Å². The maximum Gasteiger partial charge on any atom is 0.324 e. The van der Waals surface area contributed by atoms with E-state index in [1.807, 2.05) is 6.07 Å². The van der Waals surface area contributed by atoms with Crippen LogP contribution in [0.1, 0.15) is 17.2 Å². The SMILES string of the molecule is COC(=O)C(C#N)C(c1ccc(F)cc1)c1ccc[nH]1. The number of aromatic amines is 1. The predicted molar refractivity (Wildman–Crippen MR) is 70.2 cm³/mol. The standard InChI is InChI=1S/C15H13FN2O2/c1-20-15(19)12(9-17)14(13-3-2-8-18-13)10-4-6-11(16)7-5-10/h2-8,12,14,18H,1H3. The molecule has 0 saturated carbocycles. The molecule has 2 rings (SSSR count). The third-order valence-corrected chi connectivity index (χ3v) is 3.11. The monoisotopic (exact) mass is 272 g/mol. The minimum Gasteiger partial charge on any atom is -0.468 e. The van der Waals surface area contributed by atoms with Gasteiger partial charge in [-0.05, 0) is 29.8 Å². The van der Waals surface area contributed by atoms with Crippen molar-refractivity contribution in [2.45, 2.75) is 5.92 Å². The Balaban J connectivity index is 2.48. The second-order valence-electron chi connectivity index (χ2n) is 4.28. The molecule has 0 bridgehead atoms. The van der Waals surface area contributed by atoms with Crippen LogP contribution in [0.25, 0.3) is 0 Å². The normalized spacial score (nSPS) is 13.2. The summed E-state index contributed by atoms with van der Waals surface area (Å²) in [5, 5.41) is 9.27. The van der Waals surface area contributed by atoms with E-state index in [9.17, 15) is 14.4 Å². The summed E-state index contributed by atoms with van der Waals surface area (Å²) >= 11 is 0. The minimum atomic E-state index is -0.996. The molecular weight excluding hydrogens is 259 g/mol. The van der Waals surface area contributed by atoms with Gasteiger partial charge < -0.3 is 9.72 Å². The van der Waals surface area contributed by atoms with Crippen LogP contribution in [0.15, 0.2) is 42.6 Å². The van der Waals surface area contributed by atoms with Crippen molar-refractivity contribution in [1.82, 2.24) is 4.98 Å². The van der Waals surface area contributed by atoms with Crippen molar-refractivity contribution < 1.29 is 13.9 Å². The minimum absolute atomic E-state index is 0.370. The van der Waals surface area contributed by atoms with E-state index < -0.39 is 17.8 Å². The molecule has 0 aliphatic heterocycles. The van der Waals surface area contributed by atoms with Crippen molar-refractivity contribution in [3.63, 3.8) is 0 Å². The number of esters is 1. The van der Waals surface area contributed by atoms with E-state index >= 15 is 0 Å². The first kappa shape index (κ1) is 13.8. The Morgan fingerprint density at radius 3 is 2.55 bits per heavy atom. The average molecular weight is 272 g/mol. The van der Waals surface area contributed by atoms with Crippen LogP contribution in [0.2, 0.25) is 0 Å². The van der Waals surface area contributed by atoms with E-state index in [1.54, 1.807) is 30.5 Å². The number of nitrogens with one attached hydrogen (secondary N) is 1. The van der Waals surface area contributed by atoms with E-state index in [1.165, 1.54) is 19.2 Å². The smallest absolute Gasteiger partial charge is 0.324 e. The number of carbonyl (C=O) groups is 1. The Morgan fingerprint density at radius 2 is 2.05 bits per heavy atom. The first-order chi connectivity index (χ1) is 9.67. The Bertz CT molecular complexity index is 614. The zero-order valence-corrected chi connectivity index (χ0v) is 10.8. The maximum atomic E-state index is 13.0. The van der Waals surface area contributed by atoms with Gasteiger partial charge in [-0.15, -0.1) is 0 Å². The van der Waals surface area contributed by atoms with Crippen molar-refractivity contribution >= 4 is 5.97 Å². The van der Waals surface area contributed by atoms with E-state index in [4.69, 9.17) is 0 Å². The van der Waals surface area contributed by atoms with Crippen molar-refractivity contribution in [2.75, 3.05) is 7.11 Å². The highest BCUT2D eigenvalue weighted by atomic mass is 19.1. The fourth-order valence-electron chi connectivity index (χ4n) is 2.15. The molecule has 102 valence electrons. The molecule has 0 aliphatic carbocycles. The van der Waals surface area contributed by atoms with Gasteiger partial charge in [0.25, 0.3) is 0 Å². The molecule has 2 atom stereocenters. The van der Waals surface area contributed by atoms with Gasteiger partial charge in [-0.25, -0.2) is 4.39 Å². The first-order valence-corrected chi connectivity index (χ1v) is 6.03. The van der Waals surface area contributed by atoms with E-state index in [2.05, 4.69) is 9.72 Å². The second-order valence-corrected chi connectivity index (χ2v) is 4.28. The number of methoxy groups -OCH3 is 1. The van der Waals surface area contributed by atoms with E-state index in [-0.39, 0.29) is 5.82 Å². The Hall–Kier alpha value is -2.61. The maximum absolute atomic E-state index is 13.0. The number of carbonyl (C=O) groups excluding carboxylic acids is 1. The lowest BCUT2D eigenvalue weighted by Gasteiger charge is -2.20. The molecule has 1 aromatic heterocycles. The lowest BCUT2D eigenvalue weighted by Crippen LogP contribution is -2.23. The molecule has 4 nitrogen and oxygen atoms in total. The van der Waals surface area contributed by atoms with Crippen molar-refractivity contribution in [1.29, 1.82) is 5.26 Å². The van der Waals surface area contributed by atoms with Crippen LogP contribution in [0, 0.1) is 23.1 Å². The van der Waals surface area contributed by atoms with Crippen molar-refractivity contribution in [2.24, 2.45) is 5.92 Å². The average Bonchev–Trinajstić information content (AvgIpc) is 2.99. The van der Waals surface area contributed by atoms with Crippen LogP contribution in [-0.2, 0) is 9.53 Å². The summed E-state index contributed by atoms with van der Waals surface area (Å²) in [5.41, 5.74) is 1.37. The lowest BCUT2D eigenvalue weighted by atomic mass is 9.84. The number of hydrogen-bond acceptors (Lipinski definition) is 3. The van der Waals surface area contributed by atoms with Crippen LogP contribution < -0.4 is 0 Å². The van der Waals surface area contributed by atoms with Crippen molar-refractivity contribution in [3.8, 4) is 6.07 Å². The summed E-state index contributed by atoms with van der Waals surface area (Å²) in [6.07, 6.45) is 1.71. The second kappa shape index (κ2) is 6.02. The van der Waals surface area contributed by atoms with Crippen LogP contribution >= 0.6 is 0 Å². The van der Waals surface area contributed by atoms with E-state index in [0.717, 1.165) is 0 Å². The summed E-state index contributed by atoms with van der Waals surface area (Å²) < 4.78 is 17.7. The Morgan fingerprint density at radius 1 is 1.35 bits per heavy atom. The highest BCUT2D eigenvalue weighted by Gasteiger charge is 2.32. The Labute approximate surface area is 115 Å². The fraction of sp³-hybridized carbons (Fsp3) is 0.200. The first-order valence-electron chi connectivity index (χ1n) is 6.03. The number of aromatic nitrogens is 1. The molecule has 0 aliphatic rings. The fourth-order valence-corrected chi connectivity index (χ4v) is 2.15. The molecule has 1 heterocycles. The number of ether oxygens (including phenoxy) is 1. The molecule has 20 heavy (non-hydrogen) atoms. The van der Waals surface area contributed by atoms with Gasteiger partial charge in [-0.3, -0.25) is 4.79 Å². The van der Waals surface area contributed by atoms with Gasteiger partial charge in [0.15, 0.2) is 5.92 Å². The Kier molecular flexibility index (Phi) is 4.16. The molecule has 0 saturated heterocycles. The third kappa shape index (κ3) is 2.69. The van der Waals surface area contributed by atoms with Gasteiger partial charge in [-0.1, -0.05) is 12.1 Å². The summed E-state index contributed by atoms with van der Waals surface area (Å²) in [7, 11) is 1.24. The zero-order valence-electron chi connectivity index (χ0n) is 10.8. The number of nitrogens with zero attached hydrogens (tertiary/aromatic N) is 1. The molecular formula is C15H13FN2O2.